The molecule has 1 heterocycles. The van der Waals surface area contributed by atoms with Gasteiger partial charge in [0, 0.05) is 59.0 Å². The van der Waals surface area contributed by atoms with E-state index in [0.29, 0.717) is 59.0 Å². The van der Waals surface area contributed by atoms with Crippen LogP contribution in [0.25, 0.3) is 11.1 Å². The Kier molecular flexibility index (Phi) is 7.34. The molecule has 178 valence electrons. The molecule has 1 aliphatic heterocycles. The van der Waals surface area contributed by atoms with Crippen molar-refractivity contribution in [3.63, 3.8) is 0 Å². The van der Waals surface area contributed by atoms with E-state index in [2.05, 4.69) is 15.8 Å². The third kappa shape index (κ3) is 5.00. The van der Waals surface area contributed by atoms with Crippen LogP contribution in [-0.4, -0.2) is 58.5 Å². The average molecular weight is 505 g/mol. The molecule has 0 aliphatic carbocycles. The number of carbonyl (C=O) groups is 1. The van der Waals surface area contributed by atoms with Gasteiger partial charge in [-0.25, -0.2) is 0 Å². The second-order valence-corrected chi connectivity index (χ2v) is 9.25. The van der Waals surface area contributed by atoms with E-state index in [1.165, 1.54) is 6.08 Å². The Labute approximate surface area is 212 Å². The van der Waals surface area contributed by atoms with Crippen molar-refractivity contribution < 1.29 is 9.90 Å². The zero-order chi connectivity index (χ0) is 25.1. The standard InChI is InChI=1S/C27H26ClN4O2P/c1-2-24(34)31-11-13-32(14-12-31)27(30)19-16-21(28)20(25-22(33)9-6-10-23(25)35)15-18(19)26(29)17-7-4-3-5-8-17/h2-10,15-16,29-30,33H,1,11-14,35H2. The lowest BCUT2D eigenvalue weighted by Gasteiger charge is -2.36. The van der Waals surface area contributed by atoms with E-state index in [-0.39, 0.29) is 23.2 Å². The van der Waals surface area contributed by atoms with Crippen LogP contribution < -0.4 is 5.30 Å². The summed E-state index contributed by atoms with van der Waals surface area (Å²) in [6.45, 7) is 5.50. The monoisotopic (exact) mass is 504 g/mol. The van der Waals surface area contributed by atoms with Gasteiger partial charge in [0.1, 0.15) is 11.6 Å². The molecule has 0 aromatic heterocycles. The Morgan fingerprint density at radius 3 is 2.26 bits per heavy atom. The number of nitrogens with zero attached hydrogens (tertiary/aromatic N) is 2. The van der Waals surface area contributed by atoms with Crippen molar-refractivity contribution in [1.82, 2.24) is 9.80 Å². The van der Waals surface area contributed by atoms with Crippen LogP contribution in [0.3, 0.4) is 0 Å². The van der Waals surface area contributed by atoms with Gasteiger partial charge >= 0.3 is 0 Å². The SMILES string of the molecule is C=CC(=O)N1CCN(C(=N)c2cc(Cl)c(-c3c(O)cccc3P)cc2C(=N)c2ccccc2)CC1. The lowest BCUT2D eigenvalue weighted by molar-refractivity contribution is -0.127. The summed E-state index contributed by atoms with van der Waals surface area (Å²) in [5.41, 5.74) is 3.18. The predicted molar refractivity (Wildman–Crippen MR) is 145 cm³/mol. The van der Waals surface area contributed by atoms with Crippen LogP contribution in [-0.2, 0) is 4.79 Å². The molecule has 0 saturated carbocycles. The molecule has 3 aromatic rings. The van der Waals surface area contributed by atoms with Crippen LogP contribution in [0.5, 0.6) is 5.75 Å². The van der Waals surface area contributed by atoms with E-state index >= 15 is 0 Å². The number of hydrogen-bond acceptors (Lipinski definition) is 4. The Morgan fingerprint density at radius 2 is 1.63 bits per heavy atom. The average Bonchev–Trinajstić information content (AvgIpc) is 2.88. The molecular formula is C27H26ClN4O2P. The topological polar surface area (TPSA) is 91.5 Å². The Bertz CT molecular complexity index is 1300. The fourth-order valence-electron chi connectivity index (χ4n) is 4.23. The molecule has 1 atom stereocenters. The molecule has 1 amide bonds. The van der Waals surface area contributed by atoms with Crippen LogP contribution in [0.1, 0.15) is 16.7 Å². The minimum Gasteiger partial charge on any atom is -0.507 e. The maximum atomic E-state index is 12.0. The molecule has 3 aromatic carbocycles. The minimum atomic E-state index is -0.119. The molecule has 6 nitrogen and oxygen atoms in total. The lowest BCUT2D eigenvalue weighted by Crippen LogP contribution is -2.50. The van der Waals surface area contributed by atoms with Gasteiger partial charge in [-0.1, -0.05) is 60.6 Å². The minimum absolute atomic E-state index is 0.0856. The van der Waals surface area contributed by atoms with Crippen LogP contribution in [0.2, 0.25) is 5.02 Å². The van der Waals surface area contributed by atoms with E-state index in [1.807, 2.05) is 41.3 Å². The van der Waals surface area contributed by atoms with Crippen molar-refractivity contribution in [2.75, 3.05) is 26.2 Å². The molecule has 1 unspecified atom stereocenters. The number of amides is 1. The number of nitrogens with one attached hydrogen (secondary N) is 2. The Hall–Kier alpha value is -3.47. The molecule has 8 heteroatoms. The number of phenols is 1. The first kappa shape index (κ1) is 24.6. The highest BCUT2D eigenvalue weighted by molar-refractivity contribution is 7.28. The number of amidine groups is 1. The van der Waals surface area contributed by atoms with E-state index < -0.39 is 0 Å². The van der Waals surface area contributed by atoms with E-state index in [4.69, 9.17) is 22.4 Å². The van der Waals surface area contributed by atoms with Gasteiger partial charge < -0.3 is 14.9 Å². The first-order valence-electron chi connectivity index (χ1n) is 11.1. The van der Waals surface area contributed by atoms with E-state index in [9.17, 15) is 9.90 Å². The molecule has 0 bridgehead atoms. The number of hydrogen-bond donors (Lipinski definition) is 3. The van der Waals surface area contributed by atoms with Gasteiger partial charge in [-0.3, -0.25) is 15.6 Å². The zero-order valence-corrected chi connectivity index (χ0v) is 21.0. The summed E-state index contributed by atoms with van der Waals surface area (Å²) < 4.78 is 0. The van der Waals surface area contributed by atoms with Gasteiger partial charge in [0.2, 0.25) is 5.91 Å². The van der Waals surface area contributed by atoms with Gasteiger partial charge in [-0.2, -0.15) is 0 Å². The highest BCUT2D eigenvalue weighted by atomic mass is 35.5. The molecule has 0 radical (unpaired) electrons. The summed E-state index contributed by atoms with van der Waals surface area (Å²) >= 11 is 6.73. The summed E-state index contributed by atoms with van der Waals surface area (Å²) in [6.07, 6.45) is 1.30. The van der Waals surface area contributed by atoms with Gasteiger partial charge in [0.15, 0.2) is 0 Å². The fraction of sp³-hybridized carbons (Fsp3) is 0.148. The van der Waals surface area contributed by atoms with Crippen molar-refractivity contribution in [1.29, 1.82) is 10.8 Å². The van der Waals surface area contributed by atoms with Crippen LogP contribution >= 0.6 is 20.8 Å². The van der Waals surface area contributed by atoms with Gasteiger partial charge in [-0.05, 0) is 29.6 Å². The van der Waals surface area contributed by atoms with Gasteiger partial charge in [-0.15, -0.1) is 9.24 Å². The maximum Gasteiger partial charge on any atom is 0.246 e. The summed E-state index contributed by atoms with van der Waals surface area (Å²) in [4.78, 5) is 15.6. The second kappa shape index (κ2) is 10.4. The molecular weight excluding hydrogens is 479 g/mol. The first-order valence-corrected chi connectivity index (χ1v) is 12.1. The number of phenolic OH excluding ortho intramolecular Hbond substituents is 1. The van der Waals surface area contributed by atoms with Crippen LogP contribution in [0, 0.1) is 10.8 Å². The molecule has 1 saturated heterocycles. The molecule has 35 heavy (non-hydrogen) atoms. The van der Waals surface area contributed by atoms with Crippen molar-refractivity contribution in [3.05, 3.63) is 95.0 Å². The normalized spacial score (nSPS) is 13.4. The van der Waals surface area contributed by atoms with Crippen LogP contribution in [0.15, 0.2) is 73.3 Å². The number of piperazine rings is 1. The molecule has 1 aliphatic rings. The quantitative estimate of drug-likeness (QED) is 0.209. The third-order valence-corrected chi connectivity index (χ3v) is 6.91. The number of halogens is 1. The smallest absolute Gasteiger partial charge is 0.246 e. The second-order valence-electron chi connectivity index (χ2n) is 8.23. The Morgan fingerprint density at radius 1 is 0.971 bits per heavy atom. The highest BCUT2D eigenvalue weighted by Gasteiger charge is 2.26. The van der Waals surface area contributed by atoms with Crippen molar-refractivity contribution in [2.24, 2.45) is 0 Å². The predicted octanol–water partition coefficient (Wildman–Crippen LogP) is 4.28. The third-order valence-electron chi connectivity index (χ3n) is 6.12. The van der Waals surface area contributed by atoms with Crippen molar-refractivity contribution >= 4 is 43.6 Å². The van der Waals surface area contributed by atoms with Crippen molar-refractivity contribution in [2.45, 2.75) is 0 Å². The molecule has 1 fully saturated rings. The molecule has 4 rings (SSSR count). The number of benzene rings is 3. The van der Waals surface area contributed by atoms with E-state index in [1.54, 1.807) is 29.2 Å². The Balaban J connectivity index is 1.79. The summed E-state index contributed by atoms with van der Waals surface area (Å²) in [6, 6.07) is 18.0. The zero-order valence-electron chi connectivity index (χ0n) is 19.1. The van der Waals surface area contributed by atoms with Gasteiger partial charge in [0.25, 0.3) is 0 Å². The largest absolute Gasteiger partial charge is 0.507 e. The van der Waals surface area contributed by atoms with Gasteiger partial charge in [0.05, 0.1) is 5.71 Å². The van der Waals surface area contributed by atoms with Crippen LogP contribution in [0.4, 0.5) is 0 Å². The van der Waals surface area contributed by atoms with E-state index in [0.717, 1.165) is 5.30 Å². The summed E-state index contributed by atoms with van der Waals surface area (Å²) in [5.74, 6) is 0.205. The lowest BCUT2D eigenvalue weighted by atomic mass is 9.92. The number of aromatic hydroxyl groups is 1. The summed E-state index contributed by atoms with van der Waals surface area (Å²) in [7, 11) is 2.61. The maximum absolute atomic E-state index is 12.0. The molecule has 0 spiro atoms. The molecule has 3 N–H and O–H groups in total. The summed E-state index contributed by atoms with van der Waals surface area (Å²) in [5, 5.41) is 29.7. The van der Waals surface area contributed by atoms with Crippen molar-refractivity contribution in [3.8, 4) is 16.9 Å². The first-order chi connectivity index (χ1) is 16.8. The number of rotatable bonds is 5. The fourth-order valence-corrected chi connectivity index (χ4v) is 4.90. The highest BCUT2D eigenvalue weighted by Crippen LogP contribution is 2.37. The number of carbonyl (C=O) groups excluding carboxylic acids is 1.